The molecule has 2 fully saturated rings. The summed E-state index contributed by atoms with van der Waals surface area (Å²) >= 11 is 0. The highest BCUT2D eigenvalue weighted by atomic mass is 16.4. The second-order valence-corrected chi connectivity index (χ2v) is 4.66. The third-order valence-electron chi connectivity index (χ3n) is 3.89. The molecule has 0 aromatic heterocycles. The summed E-state index contributed by atoms with van der Waals surface area (Å²) < 4.78 is 0. The van der Waals surface area contributed by atoms with Gasteiger partial charge in [-0.3, -0.25) is 9.69 Å². The molecule has 0 spiro atoms. The molecule has 1 N–H and O–H groups in total. The average Bonchev–Trinajstić information content (AvgIpc) is 2.63. The van der Waals surface area contributed by atoms with Crippen LogP contribution in [0.15, 0.2) is 12.7 Å². The van der Waals surface area contributed by atoms with E-state index in [1.54, 1.807) is 6.08 Å². The van der Waals surface area contributed by atoms with Gasteiger partial charge in [0.25, 0.3) is 0 Å². The maximum Gasteiger partial charge on any atom is 0.324 e. The van der Waals surface area contributed by atoms with Gasteiger partial charge in [0.15, 0.2) is 0 Å². The molecule has 2 aliphatic rings. The number of fused-ring (bicyclic) bond motifs is 1. The number of nitrogens with zero attached hydrogens (tertiary/aromatic N) is 1. The smallest absolute Gasteiger partial charge is 0.324 e. The molecule has 84 valence electrons. The molecule has 3 atom stereocenters. The summed E-state index contributed by atoms with van der Waals surface area (Å²) in [4.78, 5) is 13.2. The summed E-state index contributed by atoms with van der Waals surface area (Å²) in [6.45, 7) is 4.57. The van der Waals surface area contributed by atoms with Gasteiger partial charge in [-0.2, -0.15) is 0 Å². The molecule has 0 amide bonds. The van der Waals surface area contributed by atoms with Crippen molar-refractivity contribution < 1.29 is 9.90 Å². The zero-order valence-electron chi connectivity index (χ0n) is 9.06. The van der Waals surface area contributed by atoms with E-state index >= 15 is 0 Å². The van der Waals surface area contributed by atoms with E-state index in [0.717, 1.165) is 12.5 Å². The van der Waals surface area contributed by atoms with E-state index in [4.69, 9.17) is 5.11 Å². The number of carbonyl (C=O) groups is 1. The lowest BCUT2D eigenvalue weighted by Crippen LogP contribution is -2.45. The van der Waals surface area contributed by atoms with Crippen LogP contribution in [0.2, 0.25) is 0 Å². The fourth-order valence-corrected chi connectivity index (χ4v) is 3.17. The van der Waals surface area contributed by atoms with Crippen molar-refractivity contribution in [1.82, 2.24) is 4.90 Å². The molecule has 0 aromatic rings. The highest BCUT2D eigenvalue weighted by Crippen LogP contribution is 2.37. The van der Waals surface area contributed by atoms with Crippen LogP contribution in [0, 0.1) is 5.92 Å². The second-order valence-electron chi connectivity index (χ2n) is 4.66. The lowest BCUT2D eigenvalue weighted by atomic mass is 9.85. The molecule has 0 aromatic carbocycles. The lowest BCUT2D eigenvalue weighted by Gasteiger charge is -2.34. The Morgan fingerprint density at radius 1 is 1.40 bits per heavy atom. The van der Waals surface area contributed by atoms with Crippen LogP contribution in [0.4, 0.5) is 0 Å². The second kappa shape index (κ2) is 4.35. The molecule has 3 nitrogen and oxygen atoms in total. The van der Waals surface area contributed by atoms with Crippen molar-refractivity contribution in [3.63, 3.8) is 0 Å². The van der Waals surface area contributed by atoms with E-state index in [1.165, 1.54) is 32.1 Å². The molecule has 15 heavy (non-hydrogen) atoms. The molecule has 1 saturated heterocycles. The van der Waals surface area contributed by atoms with E-state index in [0.29, 0.717) is 6.04 Å². The summed E-state index contributed by atoms with van der Waals surface area (Å²) in [5, 5.41) is 9.11. The summed E-state index contributed by atoms with van der Waals surface area (Å²) in [7, 11) is 0. The van der Waals surface area contributed by atoms with Crippen molar-refractivity contribution >= 4 is 5.97 Å². The molecular formula is C12H19NO2. The molecule has 1 heterocycles. The number of carboxylic acids is 1. The number of rotatable bonds is 3. The Morgan fingerprint density at radius 3 is 2.80 bits per heavy atom. The molecule has 1 aliphatic heterocycles. The monoisotopic (exact) mass is 209 g/mol. The third-order valence-corrected chi connectivity index (χ3v) is 3.89. The quantitative estimate of drug-likeness (QED) is 0.722. The predicted octanol–water partition coefficient (Wildman–Crippen LogP) is 1.89. The topological polar surface area (TPSA) is 40.5 Å². The minimum atomic E-state index is -0.753. The van der Waals surface area contributed by atoms with Gasteiger partial charge < -0.3 is 5.11 Å². The van der Waals surface area contributed by atoms with E-state index in [-0.39, 0.29) is 0 Å². The predicted molar refractivity (Wildman–Crippen MR) is 58.7 cm³/mol. The molecule has 3 unspecified atom stereocenters. The molecule has 1 aliphatic carbocycles. The summed E-state index contributed by atoms with van der Waals surface area (Å²) in [5.74, 6) is -0.0169. The Morgan fingerprint density at radius 2 is 2.13 bits per heavy atom. The Kier molecular flexibility index (Phi) is 3.10. The van der Waals surface area contributed by atoms with Gasteiger partial charge in [-0.1, -0.05) is 18.9 Å². The van der Waals surface area contributed by atoms with Gasteiger partial charge in [-0.05, 0) is 31.7 Å². The van der Waals surface area contributed by atoms with Gasteiger partial charge in [0, 0.05) is 6.04 Å². The highest BCUT2D eigenvalue weighted by molar-refractivity contribution is 5.75. The Balaban J connectivity index is 2.09. The first kappa shape index (κ1) is 10.7. The molecule has 0 bridgehead atoms. The van der Waals surface area contributed by atoms with E-state index in [1.807, 2.05) is 0 Å². The molecular weight excluding hydrogens is 190 g/mol. The molecule has 1 saturated carbocycles. The van der Waals surface area contributed by atoms with Crippen LogP contribution in [0.3, 0.4) is 0 Å². The first-order valence-corrected chi connectivity index (χ1v) is 5.85. The van der Waals surface area contributed by atoms with Gasteiger partial charge in [-0.15, -0.1) is 6.58 Å². The molecule has 3 heteroatoms. The van der Waals surface area contributed by atoms with E-state index in [9.17, 15) is 4.79 Å². The van der Waals surface area contributed by atoms with Gasteiger partial charge in [0.1, 0.15) is 6.04 Å². The van der Waals surface area contributed by atoms with Gasteiger partial charge in [-0.25, -0.2) is 0 Å². The third kappa shape index (κ3) is 1.93. The number of hydrogen-bond acceptors (Lipinski definition) is 2. The van der Waals surface area contributed by atoms with Crippen LogP contribution < -0.4 is 0 Å². The maximum atomic E-state index is 11.1. The standard InChI is InChI=1S/C12H19NO2/c1-2-10(12(14)15)13-8-7-9-5-3-4-6-11(9)13/h2,9-11H,1,3-8H2,(H,14,15). The lowest BCUT2D eigenvalue weighted by molar-refractivity contribution is -0.142. The van der Waals surface area contributed by atoms with Crippen molar-refractivity contribution in [3.8, 4) is 0 Å². The highest BCUT2D eigenvalue weighted by Gasteiger charge is 2.40. The number of aliphatic carboxylic acids is 1. The zero-order chi connectivity index (χ0) is 10.8. The Bertz CT molecular complexity index is 264. The zero-order valence-corrected chi connectivity index (χ0v) is 9.06. The van der Waals surface area contributed by atoms with Crippen LogP contribution in [-0.2, 0) is 4.79 Å². The fraction of sp³-hybridized carbons (Fsp3) is 0.750. The van der Waals surface area contributed by atoms with Gasteiger partial charge in [0.2, 0.25) is 0 Å². The number of carboxylic acid groups (broad SMARTS) is 1. The normalized spacial score (nSPS) is 33.3. The van der Waals surface area contributed by atoms with Crippen LogP contribution in [-0.4, -0.2) is 34.6 Å². The van der Waals surface area contributed by atoms with Crippen molar-refractivity contribution in [2.75, 3.05) is 6.54 Å². The van der Waals surface area contributed by atoms with E-state index in [2.05, 4.69) is 11.5 Å². The van der Waals surface area contributed by atoms with Crippen LogP contribution >= 0.6 is 0 Å². The maximum absolute atomic E-state index is 11.1. The largest absolute Gasteiger partial charge is 0.480 e. The average molecular weight is 209 g/mol. The molecule has 0 radical (unpaired) electrons. The van der Waals surface area contributed by atoms with E-state index < -0.39 is 12.0 Å². The van der Waals surface area contributed by atoms with Gasteiger partial charge in [0.05, 0.1) is 0 Å². The fourth-order valence-electron chi connectivity index (χ4n) is 3.17. The van der Waals surface area contributed by atoms with Crippen molar-refractivity contribution in [1.29, 1.82) is 0 Å². The SMILES string of the molecule is C=CC(C(=O)O)N1CCC2CCCCC21. The first-order valence-electron chi connectivity index (χ1n) is 5.85. The van der Waals surface area contributed by atoms with Gasteiger partial charge >= 0.3 is 5.97 Å². The van der Waals surface area contributed by atoms with Crippen LogP contribution in [0.25, 0.3) is 0 Å². The minimum absolute atomic E-state index is 0.474. The first-order chi connectivity index (χ1) is 7.24. The minimum Gasteiger partial charge on any atom is -0.480 e. The number of likely N-dealkylation sites (tertiary alicyclic amines) is 1. The Hall–Kier alpha value is -0.830. The van der Waals surface area contributed by atoms with Crippen molar-refractivity contribution in [3.05, 3.63) is 12.7 Å². The van der Waals surface area contributed by atoms with Crippen LogP contribution in [0.5, 0.6) is 0 Å². The van der Waals surface area contributed by atoms with Crippen molar-refractivity contribution in [2.45, 2.75) is 44.2 Å². The number of hydrogen-bond donors (Lipinski definition) is 1. The summed E-state index contributed by atoms with van der Waals surface area (Å²) in [5.41, 5.74) is 0. The summed E-state index contributed by atoms with van der Waals surface area (Å²) in [6, 6.07) is 0.0240. The van der Waals surface area contributed by atoms with Crippen LogP contribution in [0.1, 0.15) is 32.1 Å². The van der Waals surface area contributed by atoms with Crippen molar-refractivity contribution in [2.24, 2.45) is 5.92 Å². The Labute approximate surface area is 90.8 Å². The summed E-state index contributed by atoms with van der Waals surface area (Å²) in [6.07, 6.45) is 7.76. The molecule has 2 rings (SSSR count).